The lowest BCUT2D eigenvalue weighted by Gasteiger charge is -2.16. The van der Waals surface area contributed by atoms with Gasteiger partial charge in [-0.2, -0.15) is 0 Å². The van der Waals surface area contributed by atoms with Crippen LogP contribution in [-0.4, -0.2) is 43.0 Å². The SMILES string of the molecule is Cl.Cl.NCC(=O)NCC(=O)Nc1ccc(N2CCCC2)nc1. The number of nitrogens with one attached hydrogen (secondary N) is 2. The first-order chi connectivity index (χ1) is 9.69. The highest BCUT2D eigenvalue weighted by Gasteiger charge is 2.13. The molecule has 2 amide bonds. The van der Waals surface area contributed by atoms with Gasteiger partial charge >= 0.3 is 0 Å². The van der Waals surface area contributed by atoms with Crippen LogP contribution in [0.2, 0.25) is 0 Å². The van der Waals surface area contributed by atoms with Crippen molar-refractivity contribution >= 4 is 48.1 Å². The van der Waals surface area contributed by atoms with Crippen LogP contribution in [0.5, 0.6) is 0 Å². The fourth-order valence-electron chi connectivity index (χ4n) is 2.05. The zero-order valence-corrected chi connectivity index (χ0v) is 13.7. The van der Waals surface area contributed by atoms with E-state index in [1.54, 1.807) is 6.20 Å². The van der Waals surface area contributed by atoms with Gasteiger partial charge in [0, 0.05) is 13.1 Å². The van der Waals surface area contributed by atoms with E-state index in [0.29, 0.717) is 5.69 Å². The van der Waals surface area contributed by atoms with Gasteiger partial charge in [0.15, 0.2) is 0 Å². The van der Waals surface area contributed by atoms with Gasteiger partial charge in [-0.25, -0.2) is 4.98 Å². The number of nitrogens with zero attached hydrogens (tertiary/aromatic N) is 2. The Balaban J connectivity index is 0.00000220. The lowest BCUT2D eigenvalue weighted by atomic mass is 10.3. The second kappa shape index (κ2) is 10.2. The Bertz CT molecular complexity index is 478. The molecule has 2 rings (SSSR count). The number of anilines is 2. The van der Waals surface area contributed by atoms with Crippen LogP contribution in [0.4, 0.5) is 11.5 Å². The number of carbonyl (C=O) groups excluding carboxylic acids is 2. The summed E-state index contributed by atoms with van der Waals surface area (Å²) in [6.45, 7) is 1.84. The quantitative estimate of drug-likeness (QED) is 0.720. The first-order valence-corrected chi connectivity index (χ1v) is 6.66. The first kappa shape index (κ1) is 20.4. The molecule has 124 valence electrons. The van der Waals surface area contributed by atoms with E-state index in [1.165, 1.54) is 12.8 Å². The molecule has 0 aromatic carbocycles. The molecule has 22 heavy (non-hydrogen) atoms. The van der Waals surface area contributed by atoms with Crippen LogP contribution in [0, 0.1) is 0 Å². The largest absolute Gasteiger partial charge is 0.357 e. The minimum atomic E-state index is -0.359. The van der Waals surface area contributed by atoms with Crippen LogP contribution in [-0.2, 0) is 9.59 Å². The third-order valence-corrected chi connectivity index (χ3v) is 3.09. The number of pyridine rings is 1. The van der Waals surface area contributed by atoms with Crippen molar-refractivity contribution in [2.75, 3.05) is 36.4 Å². The number of carbonyl (C=O) groups is 2. The van der Waals surface area contributed by atoms with E-state index in [2.05, 4.69) is 20.5 Å². The lowest BCUT2D eigenvalue weighted by Crippen LogP contribution is -2.36. The molecule has 7 nitrogen and oxygen atoms in total. The number of aromatic nitrogens is 1. The van der Waals surface area contributed by atoms with E-state index in [-0.39, 0.29) is 49.7 Å². The highest BCUT2D eigenvalue weighted by molar-refractivity contribution is 5.94. The van der Waals surface area contributed by atoms with Gasteiger partial charge in [0.2, 0.25) is 11.8 Å². The molecule has 2 heterocycles. The predicted octanol–water partition coefficient (Wildman–Crippen LogP) is 0.539. The average Bonchev–Trinajstić information content (AvgIpc) is 2.99. The Morgan fingerprint density at radius 3 is 2.41 bits per heavy atom. The molecular formula is C13H21Cl2N5O2. The van der Waals surface area contributed by atoms with E-state index in [9.17, 15) is 9.59 Å². The van der Waals surface area contributed by atoms with Crippen LogP contribution >= 0.6 is 24.8 Å². The molecule has 1 aliphatic rings. The van der Waals surface area contributed by atoms with Crippen molar-refractivity contribution in [3.8, 4) is 0 Å². The second-order valence-corrected chi connectivity index (χ2v) is 4.63. The van der Waals surface area contributed by atoms with Crippen molar-refractivity contribution in [2.24, 2.45) is 5.73 Å². The Hall–Kier alpha value is -1.57. The number of halogens is 2. The minimum absolute atomic E-state index is 0. The number of hydrogen-bond acceptors (Lipinski definition) is 5. The summed E-state index contributed by atoms with van der Waals surface area (Å²) in [4.78, 5) is 29.0. The van der Waals surface area contributed by atoms with Crippen LogP contribution < -0.4 is 21.3 Å². The van der Waals surface area contributed by atoms with E-state index in [1.807, 2.05) is 12.1 Å². The van der Waals surface area contributed by atoms with Gasteiger partial charge < -0.3 is 21.3 Å². The van der Waals surface area contributed by atoms with Gasteiger partial charge in [-0.05, 0) is 25.0 Å². The number of hydrogen-bond donors (Lipinski definition) is 3. The van der Waals surface area contributed by atoms with Crippen molar-refractivity contribution in [1.82, 2.24) is 10.3 Å². The highest BCUT2D eigenvalue weighted by Crippen LogP contribution is 2.18. The van der Waals surface area contributed by atoms with Gasteiger partial charge in [-0.15, -0.1) is 24.8 Å². The molecule has 0 saturated carbocycles. The smallest absolute Gasteiger partial charge is 0.243 e. The van der Waals surface area contributed by atoms with Gasteiger partial charge in [-0.3, -0.25) is 9.59 Å². The van der Waals surface area contributed by atoms with Crippen molar-refractivity contribution < 1.29 is 9.59 Å². The van der Waals surface area contributed by atoms with Crippen molar-refractivity contribution in [3.63, 3.8) is 0 Å². The molecule has 0 bridgehead atoms. The number of rotatable bonds is 5. The fourth-order valence-corrected chi connectivity index (χ4v) is 2.05. The van der Waals surface area contributed by atoms with E-state index < -0.39 is 0 Å². The van der Waals surface area contributed by atoms with Gasteiger partial charge in [0.25, 0.3) is 0 Å². The van der Waals surface area contributed by atoms with Crippen LogP contribution in [0.3, 0.4) is 0 Å². The van der Waals surface area contributed by atoms with E-state index in [4.69, 9.17) is 5.73 Å². The Morgan fingerprint density at radius 2 is 1.86 bits per heavy atom. The summed E-state index contributed by atoms with van der Waals surface area (Å²) in [6.07, 6.45) is 4.01. The molecule has 0 radical (unpaired) electrons. The van der Waals surface area contributed by atoms with Crippen molar-refractivity contribution in [3.05, 3.63) is 18.3 Å². The summed E-state index contributed by atoms with van der Waals surface area (Å²) in [5.74, 6) is 0.266. The zero-order valence-electron chi connectivity index (χ0n) is 12.1. The molecule has 4 N–H and O–H groups in total. The maximum Gasteiger partial charge on any atom is 0.243 e. The van der Waals surface area contributed by atoms with Crippen molar-refractivity contribution in [1.29, 1.82) is 0 Å². The molecule has 1 fully saturated rings. The Kier molecular flexibility index (Phi) is 9.48. The summed E-state index contributed by atoms with van der Waals surface area (Å²) in [7, 11) is 0. The Labute approximate surface area is 141 Å². The standard InChI is InChI=1S/C13H19N5O2.2ClH/c14-7-12(19)16-9-13(20)17-10-3-4-11(15-8-10)18-5-1-2-6-18;;/h3-4,8H,1-2,5-7,9,14H2,(H,16,19)(H,17,20);2*1H. The first-order valence-electron chi connectivity index (χ1n) is 6.66. The molecule has 1 saturated heterocycles. The molecule has 0 aliphatic carbocycles. The average molecular weight is 350 g/mol. The monoisotopic (exact) mass is 349 g/mol. The third-order valence-electron chi connectivity index (χ3n) is 3.09. The summed E-state index contributed by atoms with van der Waals surface area (Å²) in [5, 5.41) is 5.07. The van der Waals surface area contributed by atoms with E-state index in [0.717, 1.165) is 18.9 Å². The topological polar surface area (TPSA) is 100 Å². The lowest BCUT2D eigenvalue weighted by molar-refractivity contribution is -0.123. The summed E-state index contributed by atoms with van der Waals surface area (Å²) < 4.78 is 0. The summed E-state index contributed by atoms with van der Waals surface area (Å²) in [5.41, 5.74) is 5.74. The van der Waals surface area contributed by atoms with Crippen LogP contribution in [0.1, 0.15) is 12.8 Å². The molecule has 1 aliphatic heterocycles. The molecule has 9 heteroatoms. The van der Waals surface area contributed by atoms with Crippen LogP contribution in [0.25, 0.3) is 0 Å². The summed E-state index contributed by atoms with van der Waals surface area (Å²) in [6, 6.07) is 3.70. The fraction of sp³-hybridized carbons (Fsp3) is 0.462. The number of amides is 2. The maximum atomic E-state index is 11.6. The number of nitrogens with two attached hydrogens (primary N) is 1. The molecule has 0 unspecified atom stereocenters. The Morgan fingerprint density at radius 1 is 1.18 bits per heavy atom. The third kappa shape index (κ3) is 6.05. The second-order valence-electron chi connectivity index (χ2n) is 4.63. The van der Waals surface area contributed by atoms with Crippen molar-refractivity contribution in [2.45, 2.75) is 12.8 Å². The molecule has 0 atom stereocenters. The highest BCUT2D eigenvalue weighted by atomic mass is 35.5. The zero-order chi connectivity index (χ0) is 14.4. The molecule has 1 aromatic heterocycles. The molecule has 1 aromatic rings. The minimum Gasteiger partial charge on any atom is -0.357 e. The summed E-state index contributed by atoms with van der Waals surface area (Å²) >= 11 is 0. The molecular weight excluding hydrogens is 329 g/mol. The van der Waals surface area contributed by atoms with Gasteiger partial charge in [0.1, 0.15) is 5.82 Å². The predicted molar refractivity (Wildman–Crippen MR) is 90.9 cm³/mol. The van der Waals surface area contributed by atoms with Crippen LogP contribution in [0.15, 0.2) is 18.3 Å². The molecule has 0 spiro atoms. The van der Waals surface area contributed by atoms with Gasteiger partial charge in [-0.1, -0.05) is 0 Å². The normalized spacial score (nSPS) is 12.9. The van der Waals surface area contributed by atoms with E-state index >= 15 is 0 Å². The van der Waals surface area contributed by atoms with Gasteiger partial charge in [0.05, 0.1) is 25.0 Å². The maximum absolute atomic E-state index is 11.6.